The summed E-state index contributed by atoms with van der Waals surface area (Å²) in [6, 6.07) is 12.9. The molecule has 1 heterocycles. The third-order valence-corrected chi connectivity index (χ3v) is 4.17. The Kier molecular flexibility index (Phi) is 5.58. The molecule has 0 aromatic heterocycles. The molecule has 5 nitrogen and oxygen atoms in total. The minimum atomic E-state index is -0.475. The van der Waals surface area contributed by atoms with Gasteiger partial charge in [-0.05, 0) is 48.4 Å². The molecule has 0 bridgehead atoms. The molecule has 3 rings (SSSR count). The first-order valence-corrected chi connectivity index (χ1v) is 8.45. The van der Waals surface area contributed by atoms with Crippen LogP contribution in [0.4, 0.5) is 0 Å². The van der Waals surface area contributed by atoms with Crippen LogP contribution in [0.15, 0.2) is 53.2 Å². The molecule has 0 unspecified atom stereocenters. The van der Waals surface area contributed by atoms with Crippen molar-refractivity contribution < 1.29 is 19.0 Å². The first-order valence-electron chi connectivity index (χ1n) is 8.07. The Bertz CT molecular complexity index is 872. The van der Waals surface area contributed by atoms with E-state index in [0.29, 0.717) is 35.1 Å². The molecular formula is C20H18ClNO4. The van der Waals surface area contributed by atoms with Gasteiger partial charge in [0.25, 0.3) is 0 Å². The van der Waals surface area contributed by atoms with Crippen LogP contribution in [0.1, 0.15) is 17.5 Å². The molecule has 0 radical (unpaired) electrons. The van der Waals surface area contributed by atoms with E-state index in [2.05, 4.69) is 4.99 Å². The number of hydrogen-bond donors (Lipinski definition) is 0. The molecule has 0 amide bonds. The number of ether oxygens (including phenoxy) is 3. The minimum absolute atomic E-state index is 0.232. The van der Waals surface area contributed by atoms with Gasteiger partial charge >= 0.3 is 5.97 Å². The molecule has 0 N–H and O–H groups in total. The summed E-state index contributed by atoms with van der Waals surface area (Å²) in [4.78, 5) is 16.4. The lowest BCUT2D eigenvalue weighted by Gasteiger charge is -2.04. The number of nitrogens with zero attached hydrogens (tertiary/aromatic N) is 1. The largest absolute Gasteiger partial charge is 0.497 e. The van der Waals surface area contributed by atoms with Crippen LogP contribution < -0.4 is 9.47 Å². The molecule has 2 aromatic rings. The van der Waals surface area contributed by atoms with E-state index in [4.69, 9.17) is 25.8 Å². The Balaban J connectivity index is 1.73. The summed E-state index contributed by atoms with van der Waals surface area (Å²) in [5.74, 6) is 1.34. The second-order valence-electron chi connectivity index (χ2n) is 5.66. The summed E-state index contributed by atoms with van der Waals surface area (Å²) in [6.45, 7) is 0. The van der Waals surface area contributed by atoms with Crippen molar-refractivity contribution >= 4 is 29.5 Å². The summed E-state index contributed by atoms with van der Waals surface area (Å²) in [7, 11) is 3.19. The maximum atomic E-state index is 12.1. The van der Waals surface area contributed by atoms with Crippen molar-refractivity contribution in [3.05, 3.63) is 64.3 Å². The lowest BCUT2D eigenvalue weighted by atomic mass is 10.1. The van der Waals surface area contributed by atoms with Crippen LogP contribution in [0.5, 0.6) is 11.5 Å². The molecule has 2 aromatic carbocycles. The monoisotopic (exact) mass is 371 g/mol. The molecule has 0 atom stereocenters. The Morgan fingerprint density at radius 1 is 1.08 bits per heavy atom. The predicted molar refractivity (Wildman–Crippen MR) is 101 cm³/mol. The molecule has 1 aliphatic heterocycles. The highest BCUT2D eigenvalue weighted by atomic mass is 35.5. The number of hydrogen-bond acceptors (Lipinski definition) is 5. The van der Waals surface area contributed by atoms with Gasteiger partial charge < -0.3 is 14.2 Å². The Morgan fingerprint density at radius 2 is 1.85 bits per heavy atom. The fourth-order valence-electron chi connectivity index (χ4n) is 2.57. The van der Waals surface area contributed by atoms with E-state index < -0.39 is 5.97 Å². The van der Waals surface area contributed by atoms with Crippen molar-refractivity contribution in [2.75, 3.05) is 14.2 Å². The van der Waals surface area contributed by atoms with Gasteiger partial charge in [0.05, 0.1) is 14.2 Å². The van der Waals surface area contributed by atoms with E-state index in [1.807, 2.05) is 24.3 Å². The van der Waals surface area contributed by atoms with Crippen LogP contribution in [0.3, 0.4) is 0 Å². The average Bonchev–Trinajstić information content (AvgIpc) is 3.00. The number of aliphatic imine (C=N–C) groups is 1. The second kappa shape index (κ2) is 8.06. The van der Waals surface area contributed by atoms with Gasteiger partial charge in [-0.3, -0.25) is 0 Å². The zero-order chi connectivity index (χ0) is 18.5. The van der Waals surface area contributed by atoms with E-state index in [9.17, 15) is 4.79 Å². The Morgan fingerprint density at radius 3 is 2.54 bits per heavy atom. The molecule has 1 aliphatic rings. The standard InChI is InChI=1S/C20H18ClNO4/c1-24-16-7-3-13(4-8-16)5-10-19-22-17(20(23)26-19)12-14-11-15(21)6-9-18(14)25-2/h3-4,6-9,11-12H,5,10H2,1-2H3/b17-12+. The summed E-state index contributed by atoms with van der Waals surface area (Å²) in [5, 5.41) is 0.549. The number of carbonyl (C=O) groups excluding carboxylic acids is 1. The molecular weight excluding hydrogens is 354 g/mol. The normalized spacial score (nSPS) is 15.0. The fraction of sp³-hybridized carbons (Fsp3) is 0.200. The van der Waals surface area contributed by atoms with Crippen molar-refractivity contribution in [2.45, 2.75) is 12.8 Å². The van der Waals surface area contributed by atoms with Gasteiger partial charge in [-0.1, -0.05) is 23.7 Å². The minimum Gasteiger partial charge on any atom is -0.497 e. The number of rotatable bonds is 6. The zero-order valence-electron chi connectivity index (χ0n) is 14.5. The number of halogens is 1. The lowest BCUT2D eigenvalue weighted by molar-refractivity contribution is -0.130. The Hall–Kier alpha value is -2.79. The third-order valence-electron chi connectivity index (χ3n) is 3.94. The third kappa shape index (κ3) is 4.24. The highest BCUT2D eigenvalue weighted by Crippen LogP contribution is 2.27. The van der Waals surface area contributed by atoms with Crippen molar-refractivity contribution in [3.8, 4) is 11.5 Å². The van der Waals surface area contributed by atoms with E-state index in [0.717, 1.165) is 11.3 Å². The first kappa shape index (κ1) is 18.0. The van der Waals surface area contributed by atoms with E-state index in [1.165, 1.54) is 0 Å². The SMILES string of the molecule is COc1ccc(CCC2=N/C(=C/c3cc(Cl)ccc3OC)C(=O)O2)cc1. The quantitative estimate of drug-likeness (QED) is 0.561. The van der Waals surface area contributed by atoms with Crippen LogP contribution in [0.25, 0.3) is 6.08 Å². The number of carbonyl (C=O) groups is 1. The molecule has 134 valence electrons. The van der Waals surface area contributed by atoms with Crippen molar-refractivity contribution in [1.82, 2.24) is 0 Å². The molecule has 6 heteroatoms. The van der Waals surface area contributed by atoms with Crippen molar-refractivity contribution in [2.24, 2.45) is 4.99 Å². The van der Waals surface area contributed by atoms with Crippen LogP contribution in [-0.4, -0.2) is 26.1 Å². The summed E-state index contributed by atoms with van der Waals surface area (Å²) in [5.41, 5.74) is 2.01. The molecule has 0 aliphatic carbocycles. The zero-order valence-corrected chi connectivity index (χ0v) is 15.2. The summed E-state index contributed by atoms with van der Waals surface area (Å²) in [6.07, 6.45) is 2.86. The van der Waals surface area contributed by atoms with Gasteiger partial charge in [0.1, 0.15) is 11.5 Å². The number of esters is 1. The van der Waals surface area contributed by atoms with Gasteiger partial charge in [-0.2, -0.15) is 0 Å². The van der Waals surface area contributed by atoms with E-state index in [-0.39, 0.29) is 5.70 Å². The van der Waals surface area contributed by atoms with Crippen LogP contribution in [0.2, 0.25) is 5.02 Å². The average molecular weight is 372 g/mol. The maximum Gasteiger partial charge on any atom is 0.363 e. The fourth-order valence-corrected chi connectivity index (χ4v) is 2.75. The predicted octanol–water partition coefficient (Wildman–Crippen LogP) is 4.29. The topological polar surface area (TPSA) is 57.1 Å². The van der Waals surface area contributed by atoms with E-state index >= 15 is 0 Å². The maximum absolute atomic E-state index is 12.1. The highest BCUT2D eigenvalue weighted by Gasteiger charge is 2.23. The first-order chi connectivity index (χ1) is 12.6. The van der Waals surface area contributed by atoms with Crippen LogP contribution in [0, 0.1) is 0 Å². The van der Waals surface area contributed by atoms with E-state index in [1.54, 1.807) is 38.5 Å². The van der Waals surface area contributed by atoms with Crippen molar-refractivity contribution in [1.29, 1.82) is 0 Å². The highest BCUT2D eigenvalue weighted by molar-refractivity contribution is 6.30. The number of methoxy groups -OCH3 is 2. The number of aryl methyl sites for hydroxylation is 1. The number of benzene rings is 2. The van der Waals surface area contributed by atoms with Gasteiger partial charge in [0, 0.05) is 17.0 Å². The van der Waals surface area contributed by atoms with Gasteiger partial charge in [-0.25, -0.2) is 9.79 Å². The molecule has 0 spiro atoms. The molecule has 26 heavy (non-hydrogen) atoms. The summed E-state index contributed by atoms with van der Waals surface area (Å²) >= 11 is 6.02. The molecule has 0 saturated heterocycles. The van der Waals surface area contributed by atoms with Crippen LogP contribution >= 0.6 is 11.6 Å². The lowest BCUT2D eigenvalue weighted by Crippen LogP contribution is -2.05. The van der Waals surface area contributed by atoms with Gasteiger partial charge in [0.2, 0.25) is 0 Å². The Labute approximate surface area is 156 Å². The molecule has 0 fully saturated rings. The summed E-state index contributed by atoms with van der Waals surface area (Å²) < 4.78 is 15.7. The molecule has 0 saturated carbocycles. The van der Waals surface area contributed by atoms with Crippen LogP contribution in [-0.2, 0) is 16.0 Å². The van der Waals surface area contributed by atoms with Gasteiger partial charge in [0.15, 0.2) is 11.6 Å². The smallest absolute Gasteiger partial charge is 0.363 e. The van der Waals surface area contributed by atoms with Crippen molar-refractivity contribution in [3.63, 3.8) is 0 Å². The van der Waals surface area contributed by atoms with Gasteiger partial charge in [-0.15, -0.1) is 0 Å². The number of cyclic esters (lactones) is 1. The second-order valence-corrected chi connectivity index (χ2v) is 6.10.